The number of hydrogen-bond acceptors (Lipinski definition) is 2. The average molecular weight is 282 g/mol. The summed E-state index contributed by atoms with van der Waals surface area (Å²) in [5.41, 5.74) is 0.762. The third-order valence-electron chi connectivity index (χ3n) is 1.98. The lowest BCUT2D eigenvalue weighted by Gasteiger charge is -2.07. The topological polar surface area (TPSA) is 12.0 Å². The van der Waals surface area contributed by atoms with Crippen molar-refractivity contribution in [1.29, 1.82) is 0 Å². The lowest BCUT2D eigenvalue weighted by Crippen LogP contribution is -2.03. The molecule has 1 rings (SSSR count). The van der Waals surface area contributed by atoms with Gasteiger partial charge in [0, 0.05) is 12.2 Å². The van der Waals surface area contributed by atoms with Gasteiger partial charge >= 0.3 is 0 Å². The van der Waals surface area contributed by atoms with Crippen LogP contribution in [-0.4, -0.2) is 18.1 Å². The summed E-state index contributed by atoms with van der Waals surface area (Å²) in [4.78, 5) is 0. The molecule has 1 aromatic carbocycles. The van der Waals surface area contributed by atoms with Gasteiger partial charge in [0.1, 0.15) is 0 Å². The third-order valence-corrected chi connectivity index (χ3v) is 3.52. The average Bonchev–Trinajstić information content (AvgIpc) is 2.25. The number of thioether (sulfide) groups is 1. The van der Waals surface area contributed by atoms with Crippen LogP contribution in [-0.2, 0) is 0 Å². The summed E-state index contributed by atoms with van der Waals surface area (Å²) in [6.45, 7) is 2.98. The van der Waals surface area contributed by atoms with E-state index in [4.69, 9.17) is 23.2 Å². The Morgan fingerprint density at radius 2 is 1.94 bits per heavy atom. The highest BCUT2D eigenvalue weighted by atomic mass is 35.5. The summed E-state index contributed by atoms with van der Waals surface area (Å²) < 4.78 is 13.1. The van der Waals surface area contributed by atoms with Crippen LogP contribution in [0.15, 0.2) is 12.1 Å². The minimum atomic E-state index is -0.560. The molecule has 0 bridgehead atoms. The number of anilines is 1. The van der Waals surface area contributed by atoms with Crippen molar-refractivity contribution in [3.8, 4) is 0 Å². The Morgan fingerprint density at radius 1 is 1.31 bits per heavy atom. The highest BCUT2D eigenvalue weighted by molar-refractivity contribution is 7.99. The van der Waals surface area contributed by atoms with Gasteiger partial charge in [-0.15, -0.1) is 0 Å². The predicted octanol–water partition coefficient (Wildman–Crippen LogP) is 4.69. The molecule has 16 heavy (non-hydrogen) atoms. The van der Waals surface area contributed by atoms with E-state index in [1.165, 1.54) is 0 Å². The maximum absolute atomic E-state index is 13.1. The first kappa shape index (κ1) is 13.9. The van der Waals surface area contributed by atoms with Crippen LogP contribution in [0.2, 0.25) is 10.0 Å². The van der Waals surface area contributed by atoms with Crippen molar-refractivity contribution in [2.75, 3.05) is 23.4 Å². The van der Waals surface area contributed by atoms with Gasteiger partial charge in [0.05, 0.1) is 10.0 Å². The van der Waals surface area contributed by atoms with Crippen LogP contribution in [0.4, 0.5) is 10.1 Å². The van der Waals surface area contributed by atoms with Crippen molar-refractivity contribution >= 4 is 40.7 Å². The molecule has 0 aromatic heterocycles. The van der Waals surface area contributed by atoms with Gasteiger partial charge in [0.2, 0.25) is 0 Å². The van der Waals surface area contributed by atoms with E-state index in [1.807, 2.05) is 11.8 Å². The molecule has 0 radical (unpaired) electrons. The molecular weight excluding hydrogens is 268 g/mol. The lowest BCUT2D eigenvalue weighted by molar-refractivity contribution is 0.629. The quantitative estimate of drug-likeness (QED) is 0.600. The van der Waals surface area contributed by atoms with E-state index in [1.54, 1.807) is 12.1 Å². The standard InChI is InChI=1S/C11H14Cl2FNS/c1-2-16-5-3-4-15-8-6-9(12)11(14)10(13)7-8/h6-7,15H,2-5H2,1H3. The van der Waals surface area contributed by atoms with E-state index in [-0.39, 0.29) is 10.0 Å². The summed E-state index contributed by atoms with van der Waals surface area (Å²) in [5, 5.41) is 3.27. The first-order valence-corrected chi connectivity index (χ1v) is 7.02. The largest absolute Gasteiger partial charge is 0.385 e. The molecule has 0 unspecified atom stereocenters. The molecule has 90 valence electrons. The van der Waals surface area contributed by atoms with Crippen molar-refractivity contribution in [3.05, 3.63) is 28.0 Å². The maximum Gasteiger partial charge on any atom is 0.160 e. The van der Waals surface area contributed by atoms with Crippen molar-refractivity contribution in [2.24, 2.45) is 0 Å². The summed E-state index contributed by atoms with van der Waals surface area (Å²) in [5.74, 6) is 1.69. The first-order chi connectivity index (χ1) is 7.65. The van der Waals surface area contributed by atoms with Crippen molar-refractivity contribution in [1.82, 2.24) is 0 Å². The Morgan fingerprint density at radius 3 is 2.50 bits per heavy atom. The van der Waals surface area contributed by atoms with Crippen molar-refractivity contribution < 1.29 is 4.39 Å². The van der Waals surface area contributed by atoms with E-state index in [9.17, 15) is 4.39 Å². The predicted molar refractivity (Wildman–Crippen MR) is 72.5 cm³/mol. The van der Waals surface area contributed by atoms with Gasteiger partial charge in [0.15, 0.2) is 5.82 Å². The van der Waals surface area contributed by atoms with Gasteiger partial charge in [-0.25, -0.2) is 4.39 Å². The molecule has 0 aliphatic rings. The summed E-state index contributed by atoms with van der Waals surface area (Å²) in [6.07, 6.45) is 1.06. The minimum Gasteiger partial charge on any atom is -0.385 e. The molecule has 0 fully saturated rings. The summed E-state index contributed by atoms with van der Waals surface area (Å²) in [6, 6.07) is 3.10. The van der Waals surface area contributed by atoms with E-state index < -0.39 is 5.82 Å². The molecule has 0 amide bonds. The second-order valence-electron chi connectivity index (χ2n) is 3.23. The van der Waals surface area contributed by atoms with Crippen LogP contribution < -0.4 is 5.32 Å². The number of benzene rings is 1. The van der Waals surface area contributed by atoms with Crippen LogP contribution in [0.1, 0.15) is 13.3 Å². The van der Waals surface area contributed by atoms with Crippen LogP contribution in [0, 0.1) is 5.82 Å². The molecular formula is C11H14Cl2FNS. The molecule has 5 heteroatoms. The van der Waals surface area contributed by atoms with Gasteiger partial charge in [0.25, 0.3) is 0 Å². The number of rotatable bonds is 6. The maximum atomic E-state index is 13.1. The first-order valence-electron chi connectivity index (χ1n) is 5.11. The minimum absolute atomic E-state index is 0.0536. The number of hydrogen-bond donors (Lipinski definition) is 1. The van der Waals surface area contributed by atoms with Crippen molar-refractivity contribution in [2.45, 2.75) is 13.3 Å². The van der Waals surface area contributed by atoms with E-state index in [0.29, 0.717) is 0 Å². The van der Waals surface area contributed by atoms with E-state index >= 15 is 0 Å². The van der Waals surface area contributed by atoms with Crippen LogP contribution >= 0.6 is 35.0 Å². The molecule has 0 spiro atoms. The normalized spacial score (nSPS) is 10.5. The Labute approximate surface area is 110 Å². The molecule has 0 saturated carbocycles. The van der Waals surface area contributed by atoms with Gasteiger partial charge in [-0.05, 0) is 30.1 Å². The zero-order valence-electron chi connectivity index (χ0n) is 9.03. The number of halogens is 3. The monoisotopic (exact) mass is 281 g/mol. The second-order valence-corrected chi connectivity index (χ2v) is 5.44. The molecule has 1 N–H and O–H groups in total. The fraction of sp³-hybridized carbons (Fsp3) is 0.455. The van der Waals surface area contributed by atoms with Crippen LogP contribution in [0.3, 0.4) is 0 Å². The Balaban J connectivity index is 2.43. The van der Waals surface area contributed by atoms with Crippen molar-refractivity contribution in [3.63, 3.8) is 0 Å². The van der Waals surface area contributed by atoms with Gasteiger partial charge in [-0.2, -0.15) is 11.8 Å². The van der Waals surface area contributed by atoms with Crippen LogP contribution in [0.5, 0.6) is 0 Å². The zero-order chi connectivity index (χ0) is 12.0. The zero-order valence-corrected chi connectivity index (χ0v) is 11.4. The molecule has 0 saturated heterocycles. The van der Waals surface area contributed by atoms with Crippen LogP contribution in [0.25, 0.3) is 0 Å². The Kier molecular flexibility index (Phi) is 6.32. The Bertz CT molecular complexity index is 324. The van der Waals surface area contributed by atoms with Gasteiger partial charge in [-0.3, -0.25) is 0 Å². The van der Waals surface area contributed by atoms with E-state index in [0.717, 1.165) is 30.2 Å². The van der Waals surface area contributed by atoms with Gasteiger partial charge < -0.3 is 5.32 Å². The van der Waals surface area contributed by atoms with Gasteiger partial charge in [-0.1, -0.05) is 30.1 Å². The fourth-order valence-corrected chi connectivity index (χ4v) is 2.33. The summed E-state index contributed by atoms with van der Waals surface area (Å²) >= 11 is 13.3. The Hall–Kier alpha value is -0.120. The molecule has 0 aliphatic heterocycles. The molecule has 1 nitrogen and oxygen atoms in total. The molecule has 1 aromatic rings. The highest BCUT2D eigenvalue weighted by Gasteiger charge is 2.06. The van der Waals surface area contributed by atoms with E-state index in [2.05, 4.69) is 12.2 Å². The lowest BCUT2D eigenvalue weighted by atomic mass is 10.3. The smallest absolute Gasteiger partial charge is 0.160 e. The molecule has 0 atom stereocenters. The molecule has 0 aliphatic carbocycles. The summed E-state index contributed by atoms with van der Waals surface area (Å²) in [7, 11) is 0. The second kappa shape index (κ2) is 7.25. The fourth-order valence-electron chi connectivity index (χ4n) is 1.21. The third kappa shape index (κ3) is 4.40. The molecule has 0 heterocycles. The number of nitrogens with one attached hydrogen (secondary N) is 1. The SMILES string of the molecule is CCSCCCNc1cc(Cl)c(F)c(Cl)c1. The highest BCUT2D eigenvalue weighted by Crippen LogP contribution is 2.27.